The Morgan fingerprint density at radius 2 is 1.77 bits per heavy atom. The van der Waals surface area contributed by atoms with Gasteiger partial charge in [-0.15, -0.1) is 13.2 Å². The number of aromatic nitrogens is 1. The van der Waals surface area contributed by atoms with Crippen molar-refractivity contribution < 1.29 is 42.8 Å². The first-order chi connectivity index (χ1) is 16.5. The quantitative estimate of drug-likeness (QED) is 0.490. The van der Waals surface area contributed by atoms with Gasteiger partial charge >= 0.3 is 12.3 Å². The van der Waals surface area contributed by atoms with Crippen LogP contribution >= 0.6 is 11.6 Å². The molecular weight excluding hydrogens is 491 g/mol. The van der Waals surface area contributed by atoms with Gasteiger partial charge in [-0.05, 0) is 23.3 Å². The highest BCUT2D eigenvalue weighted by Crippen LogP contribution is 2.68. The second-order valence-corrected chi connectivity index (χ2v) is 8.81. The topological polar surface area (TPSA) is 109 Å². The fraction of sp³-hybridized carbons (Fsp3) is 0.250. The average molecular weight is 508 g/mol. The molecule has 0 spiro atoms. The van der Waals surface area contributed by atoms with Crippen LogP contribution in [0.3, 0.4) is 0 Å². The Morgan fingerprint density at radius 3 is 2.37 bits per heavy atom. The van der Waals surface area contributed by atoms with Crippen LogP contribution in [0.15, 0.2) is 66.9 Å². The van der Waals surface area contributed by atoms with E-state index in [2.05, 4.69) is 9.72 Å². The standard InChI is InChI=1S/C24H17ClF3NO6/c25-14-10-16-19(29-11-14)22(33)20(30)17(21(31)32)18(12-4-2-1-3-5-12)23(22,35-16)13-6-8-15(9-7-13)34-24(26,27)28/h1-11,17-18,20,30,33H,(H,31,32). The van der Waals surface area contributed by atoms with Gasteiger partial charge in [0.15, 0.2) is 11.2 Å². The Bertz CT molecular complexity index is 1290. The fourth-order valence-electron chi connectivity index (χ4n) is 5.31. The molecule has 11 heteroatoms. The lowest BCUT2D eigenvalue weighted by Gasteiger charge is -2.40. The van der Waals surface area contributed by atoms with Crippen molar-refractivity contribution in [1.82, 2.24) is 4.98 Å². The molecule has 5 rings (SSSR count). The van der Waals surface area contributed by atoms with E-state index in [0.29, 0.717) is 5.56 Å². The predicted octanol–water partition coefficient (Wildman–Crippen LogP) is 3.97. The second-order valence-electron chi connectivity index (χ2n) is 8.37. The van der Waals surface area contributed by atoms with Crippen LogP contribution in [0.4, 0.5) is 13.2 Å². The molecule has 1 aliphatic carbocycles. The molecule has 35 heavy (non-hydrogen) atoms. The number of pyridine rings is 1. The molecule has 5 atom stereocenters. The molecule has 0 bridgehead atoms. The highest BCUT2D eigenvalue weighted by molar-refractivity contribution is 6.30. The molecular formula is C24H17ClF3NO6. The van der Waals surface area contributed by atoms with Crippen LogP contribution < -0.4 is 9.47 Å². The van der Waals surface area contributed by atoms with Crippen LogP contribution in [-0.2, 0) is 16.0 Å². The molecule has 0 radical (unpaired) electrons. The number of fused-ring (bicyclic) bond motifs is 3. The van der Waals surface area contributed by atoms with Crippen LogP contribution in [0.1, 0.15) is 22.7 Å². The fourth-order valence-corrected chi connectivity index (χ4v) is 5.46. The second kappa shape index (κ2) is 7.84. The molecule has 3 aromatic rings. The van der Waals surface area contributed by atoms with Gasteiger partial charge in [0.1, 0.15) is 23.3 Å². The molecule has 3 N–H and O–H groups in total. The average Bonchev–Trinajstić information content (AvgIpc) is 3.16. The number of halogens is 4. The number of benzene rings is 2. The third-order valence-corrected chi connectivity index (χ3v) is 6.75. The summed E-state index contributed by atoms with van der Waals surface area (Å²) in [5.41, 5.74) is -3.96. The van der Waals surface area contributed by atoms with Crippen molar-refractivity contribution in [2.24, 2.45) is 5.92 Å². The number of rotatable bonds is 4. The smallest absolute Gasteiger partial charge is 0.481 e. The SMILES string of the molecule is O=C(O)C1C(O)C2(O)c3ncc(Cl)cc3OC2(c2ccc(OC(F)(F)F)cc2)C1c1ccccc1. The summed E-state index contributed by atoms with van der Waals surface area (Å²) in [5.74, 6) is -4.64. The molecule has 2 aliphatic rings. The van der Waals surface area contributed by atoms with Gasteiger partial charge in [-0.2, -0.15) is 0 Å². The number of ether oxygens (including phenoxy) is 2. The van der Waals surface area contributed by atoms with Crippen molar-refractivity contribution in [1.29, 1.82) is 0 Å². The van der Waals surface area contributed by atoms with E-state index in [1.165, 1.54) is 24.4 Å². The van der Waals surface area contributed by atoms with Crippen LogP contribution in [0.25, 0.3) is 0 Å². The Kier molecular flexibility index (Phi) is 5.24. The van der Waals surface area contributed by atoms with E-state index in [9.17, 15) is 33.3 Å². The summed E-state index contributed by atoms with van der Waals surface area (Å²) in [6.45, 7) is 0. The number of hydrogen-bond acceptors (Lipinski definition) is 6. The van der Waals surface area contributed by atoms with E-state index in [4.69, 9.17) is 16.3 Å². The first-order valence-electron chi connectivity index (χ1n) is 10.4. The number of carbonyl (C=O) groups is 1. The molecule has 2 heterocycles. The number of hydrogen-bond donors (Lipinski definition) is 3. The number of alkyl halides is 3. The maximum absolute atomic E-state index is 12.7. The Balaban J connectivity index is 1.78. The van der Waals surface area contributed by atoms with Crippen molar-refractivity contribution in [3.8, 4) is 11.5 Å². The van der Waals surface area contributed by atoms with E-state index in [1.807, 2.05) is 0 Å². The van der Waals surface area contributed by atoms with Gasteiger partial charge in [0, 0.05) is 18.2 Å². The van der Waals surface area contributed by atoms with E-state index in [0.717, 1.165) is 12.1 Å². The Hall–Kier alpha value is -3.34. The van der Waals surface area contributed by atoms with Gasteiger partial charge in [-0.1, -0.05) is 54.1 Å². The highest BCUT2D eigenvalue weighted by Gasteiger charge is 2.78. The lowest BCUT2D eigenvalue weighted by atomic mass is 9.71. The van der Waals surface area contributed by atoms with Gasteiger partial charge in [0.2, 0.25) is 0 Å². The van der Waals surface area contributed by atoms with Crippen LogP contribution in [0, 0.1) is 5.92 Å². The summed E-state index contributed by atoms with van der Waals surface area (Å²) < 4.78 is 48.3. The molecule has 5 unspecified atom stereocenters. The van der Waals surface area contributed by atoms with Crippen molar-refractivity contribution >= 4 is 17.6 Å². The lowest BCUT2D eigenvalue weighted by Crippen LogP contribution is -2.52. The van der Waals surface area contributed by atoms with Crippen molar-refractivity contribution in [3.63, 3.8) is 0 Å². The Morgan fingerprint density at radius 1 is 1.11 bits per heavy atom. The number of aliphatic carboxylic acids is 1. The minimum absolute atomic E-state index is 0.0134. The summed E-state index contributed by atoms with van der Waals surface area (Å²) in [6.07, 6.45) is -5.60. The lowest BCUT2D eigenvalue weighted by molar-refractivity contribution is -0.274. The van der Waals surface area contributed by atoms with E-state index < -0.39 is 47.2 Å². The number of nitrogens with zero attached hydrogens (tertiary/aromatic N) is 1. The first kappa shape index (κ1) is 23.4. The third kappa shape index (κ3) is 3.35. The zero-order valence-electron chi connectivity index (χ0n) is 17.6. The summed E-state index contributed by atoms with van der Waals surface area (Å²) in [7, 11) is 0. The van der Waals surface area contributed by atoms with Gasteiger partial charge in [0.25, 0.3) is 0 Å². The van der Waals surface area contributed by atoms with Gasteiger partial charge in [-0.25, -0.2) is 0 Å². The molecule has 1 saturated carbocycles. The Labute approximate surface area is 201 Å². The van der Waals surface area contributed by atoms with Crippen molar-refractivity contribution in [2.75, 3.05) is 0 Å². The van der Waals surface area contributed by atoms with Crippen LogP contribution in [-0.4, -0.2) is 38.7 Å². The van der Waals surface area contributed by atoms with E-state index >= 15 is 0 Å². The number of carboxylic acids is 1. The number of aliphatic hydroxyl groups is 2. The van der Waals surface area contributed by atoms with Gasteiger partial charge in [0.05, 0.1) is 10.9 Å². The summed E-state index contributed by atoms with van der Waals surface area (Å²) in [6, 6.07) is 14.1. The van der Waals surface area contributed by atoms with E-state index in [1.54, 1.807) is 30.3 Å². The van der Waals surface area contributed by atoms with E-state index in [-0.39, 0.29) is 22.0 Å². The summed E-state index contributed by atoms with van der Waals surface area (Å²) >= 11 is 6.06. The minimum atomic E-state index is -4.92. The largest absolute Gasteiger partial charge is 0.573 e. The highest BCUT2D eigenvalue weighted by atomic mass is 35.5. The van der Waals surface area contributed by atoms with Crippen LogP contribution in [0.5, 0.6) is 11.5 Å². The monoisotopic (exact) mass is 507 g/mol. The van der Waals surface area contributed by atoms with Crippen molar-refractivity contribution in [3.05, 3.63) is 88.7 Å². The minimum Gasteiger partial charge on any atom is -0.481 e. The van der Waals surface area contributed by atoms with Crippen LogP contribution in [0.2, 0.25) is 5.02 Å². The maximum atomic E-state index is 12.7. The molecule has 1 aliphatic heterocycles. The molecule has 182 valence electrons. The maximum Gasteiger partial charge on any atom is 0.573 e. The zero-order chi connectivity index (χ0) is 25.2. The van der Waals surface area contributed by atoms with Crippen molar-refractivity contribution in [2.45, 2.75) is 29.6 Å². The summed E-state index contributed by atoms with van der Waals surface area (Å²) in [5, 5.41) is 33.7. The summed E-state index contributed by atoms with van der Waals surface area (Å²) in [4.78, 5) is 16.6. The normalized spacial score (nSPS) is 29.3. The predicted molar refractivity (Wildman–Crippen MR) is 115 cm³/mol. The zero-order valence-corrected chi connectivity index (χ0v) is 18.4. The molecule has 7 nitrogen and oxygen atoms in total. The molecule has 1 fully saturated rings. The third-order valence-electron chi connectivity index (χ3n) is 6.54. The number of aliphatic hydroxyl groups excluding tert-OH is 1. The molecule has 0 amide bonds. The molecule has 0 saturated heterocycles. The van der Waals surface area contributed by atoms with Gasteiger partial charge < -0.3 is 24.8 Å². The van der Waals surface area contributed by atoms with Gasteiger partial charge in [-0.3, -0.25) is 9.78 Å². The number of carboxylic acid groups (broad SMARTS) is 1. The molecule has 2 aromatic carbocycles. The molecule has 1 aromatic heterocycles. The first-order valence-corrected chi connectivity index (χ1v) is 10.8.